The van der Waals surface area contributed by atoms with Gasteiger partial charge >= 0.3 is 6.09 Å². The zero-order valence-corrected chi connectivity index (χ0v) is 17.6. The minimum atomic E-state index is -0.171. The molecule has 2 aliphatic heterocycles. The number of nitrogens with zero attached hydrogens (tertiary/aromatic N) is 7. The summed E-state index contributed by atoms with van der Waals surface area (Å²) in [5.74, 6) is 0.340. The molecule has 0 N–H and O–H groups in total. The van der Waals surface area contributed by atoms with Crippen molar-refractivity contribution < 1.29 is 9.53 Å². The summed E-state index contributed by atoms with van der Waals surface area (Å²) < 4.78 is 9.11. The number of hydrogen-bond donors (Lipinski definition) is 0. The summed E-state index contributed by atoms with van der Waals surface area (Å²) in [6.45, 7) is 6.14. The topological polar surface area (TPSA) is 80.8 Å². The van der Waals surface area contributed by atoms with Crippen LogP contribution in [0.15, 0.2) is 30.9 Å². The molecule has 1 amide bonds. The summed E-state index contributed by atoms with van der Waals surface area (Å²) in [6, 6.07) is 2.36. The third-order valence-electron chi connectivity index (χ3n) is 5.91. The summed E-state index contributed by atoms with van der Waals surface area (Å²) in [5.41, 5.74) is 3.69. The summed E-state index contributed by atoms with van der Waals surface area (Å²) in [7, 11) is 1.89. The molecule has 0 spiro atoms. The number of rotatable bonds is 4. The Kier molecular flexibility index (Phi) is 4.60. The number of piperazine rings is 1. The number of carbonyl (C=O) groups is 1. The maximum absolute atomic E-state index is 12.6. The van der Waals surface area contributed by atoms with Crippen molar-refractivity contribution in [2.45, 2.75) is 38.8 Å². The van der Waals surface area contributed by atoms with Crippen molar-refractivity contribution in [3.63, 3.8) is 0 Å². The van der Waals surface area contributed by atoms with E-state index in [1.165, 1.54) is 0 Å². The summed E-state index contributed by atoms with van der Waals surface area (Å²) in [6.07, 6.45) is 9.34. The number of imidazole rings is 1. The van der Waals surface area contributed by atoms with E-state index in [0.717, 1.165) is 48.5 Å². The van der Waals surface area contributed by atoms with Crippen LogP contribution in [0.3, 0.4) is 0 Å². The molecule has 2 aliphatic rings. The number of carbonyl (C=O) groups excluding carboxylic acids is 1. The van der Waals surface area contributed by atoms with Crippen LogP contribution in [0, 0.1) is 5.92 Å². The third-order valence-corrected chi connectivity index (χ3v) is 5.91. The van der Waals surface area contributed by atoms with E-state index < -0.39 is 0 Å². The molecule has 2 bridgehead atoms. The number of aryl methyl sites for hydroxylation is 1. The maximum Gasteiger partial charge on any atom is 0.410 e. The highest BCUT2D eigenvalue weighted by molar-refractivity contribution is 5.74. The predicted molar refractivity (Wildman–Crippen MR) is 112 cm³/mol. The quantitative estimate of drug-likeness (QED) is 0.659. The van der Waals surface area contributed by atoms with Crippen molar-refractivity contribution in [1.29, 1.82) is 0 Å². The van der Waals surface area contributed by atoms with Gasteiger partial charge in [-0.2, -0.15) is 10.2 Å². The molecule has 5 rings (SSSR count). The lowest BCUT2D eigenvalue weighted by Crippen LogP contribution is -2.56. The Hall–Kier alpha value is -3.10. The first-order valence-electron chi connectivity index (χ1n) is 10.5. The van der Waals surface area contributed by atoms with Gasteiger partial charge in [0.05, 0.1) is 48.7 Å². The zero-order valence-electron chi connectivity index (χ0n) is 17.6. The van der Waals surface area contributed by atoms with E-state index in [1.807, 2.05) is 47.3 Å². The van der Waals surface area contributed by atoms with E-state index in [9.17, 15) is 4.79 Å². The molecule has 3 aromatic rings. The van der Waals surface area contributed by atoms with Gasteiger partial charge in [0.1, 0.15) is 0 Å². The van der Waals surface area contributed by atoms with Gasteiger partial charge in [-0.15, -0.1) is 0 Å². The molecule has 9 nitrogen and oxygen atoms in total. The first kappa shape index (κ1) is 18.9. The van der Waals surface area contributed by atoms with Crippen molar-refractivity contribution in [2.24, 2.45) is 13.0 Å². The lowest BCUT2D eigenvalue weighted by Gasteiger charge is -2.41. The summed E-state index contributed by atoms with van der Waals surface area (Å²) in [4.78, 5) is 21.8. The molecule has 2 atom stereocenters. The fraction of sp³-hybridized carbons (Fsp3) is 0.524. The average molecular weight is 409 g/mol. The van der Waals surface area contributed by atoms with Gasteiger partial charge in [-0.05, 0) is 24.8 Å². The van der Waals surface area contributed by atoms with Crippen LogP contribution in [0.1, 0.15) is 26.7 Å². The van der Waals surface area contributed by atoms with Gasteiger partial charge in [0.15, 0.2) is 5.65 Å². The molecular weight excluding hydrogens is 382 g/mol. The molecule has 0 aromatic carbocycles. The molecule has 2 fully saturated rings. The van der Waals surface area contributed by atoms with Crippen molar-refractivity contribution in [3.05, 3.63) is 30.9 Å². The Bertz CT molecular complexity index is 1060. The van der Waals surface area contributed by atoms with E-state index in [1.54, 1.807) is 4.68 Å². The molecule has 0 aliphatic carbocycles. The molecule has 30 heavy (non-hydrogen) atoms. The van der Waals surface area contributed by atoms with Gasteiger partial charge in [-0.1, -0.05) is 13.8 Å². The second kappa shape index (κ2) is 7.30. The van der Waals surface area contributed by atoms with Crippen LogP contribution in [0.4, 0.5) is 10.5 Å². The Balaban J connectivity index is 1.39. The Morgan fingerprint density at radius 1 is 1.20 bits per heavy atom. The van der Waals surface area contributed by atoms with Gasteiger partial charge in [-0.3, -0.25) is 9.58 Å². The first-order chi connectivity index (χ1) is 14.5. The molecule has 158 valence electrons. The van der Waals surface area contributed by atoms with Gasteiger partial charge in [0.25, 0.3) is 0 Å². The van der Waals surface area contributed by atoms with Crippen molar-refractivity contribution in [1.82, 2.24) is 29.3 Å². The maximum atomic E-state index is 12.6. The van der Waals surface area contributed by atoms with Gasteiger partial charge < -0.3 is 9.64 Å². The zero-order chi connectivity index (χ0) is 20.8. The summed E-state index contributed by atoms with van der Waals surface area (Å²) >= 11 is 0. The van der Waals surface area contributed by atoms with Crippen molar-refractivity contribution >= 4 is 17.4 Å². The highest BCUT2D eigenvalue weighted by Gasteiger charge is 2.44. The highest BCUT2D eigenvalue weighted by atomic mass is 16.6. The van der Waals surface area contributed by atoms with E-state index in [0.29, 0.717) is 12.5 Å². The second-order valence-electron chi connectivity index (χ2n) is 8.68. The Morgan fingerprint density at radius 3 is 2.63 bits per heavy atom. The molecule has 0 saturated carbocycles. The lowest BCUT2D eigenvalue weighted by molar-refractivity contribution is 0.0704. The SMILES string of the molecule is CC(C)COC(=O)N1C2CCC1CN(c1ccnn3cc(-c4cnn(C)c4)nc13)C2. The fourth-order valence-corrected chi connectivity index (χ4v) is 4.53. The normalized spacial score (nSPS) is 21.1. The Labute approximate surface area is 175 Å². The lowest BCUT2D eigenvalue weighted by atomic mass is 10.2. The van der Waals surface area contributed by atoms with Gasteiger partial charge in [0, 0.05) is 31.9 Å². The monoisotopic (exact) mass is 409 g/mol. The summed E-state index contributed by atoms with van der Waals surface area (Å²) in [5, 5.41) is 8.68. The van der Waals surface area contributed by atoms with Crippen LogP contribution in [-0.2, 0) is 11.8 Å². The van der Waals surface area contributed by atoms with E-state index in [4.69, 9.17) is 9.72 Å². The number of amides is 1. The number of anilines is 1. The minimum Gasteiger partial charge on any atom is -0.449 e. The number of aromatic nitrogens is 5. The largest absolute Gasteiger partial charge is 0.449 e. The molecular formula is C21H27N7O2. The van der Waals surface area contributed by atoms with Gasteiger partial charge in [-0.25, -0.2) is 14.3 Å². The Morgan fingerprint density at radius 2 is 1.97 bits per heavy atom. The number of fused-ring (bicyclic) bond motifs is 3. The van der Waals surface area contributed by atoms with E-state index in [2.05, 4.69) is 28.9 Å². The number of ether oxygens (including phenoxy) is 1. The second-order valence-corrected chi connectivity index (χ2v) is 8.68. The molecule has 9 heteroatoms. The smallest absolute Gasteiger partial charge is 0.410 e. The predicted octanol–water partition coefficient (Wildman–Crippen LogP) is 2.58. The number of hydrogen-bond acceptors (Lipinski definition) is 6. The van der Waals surface area contributed by atoms with Crippen LogP contribution in [0.5, 0.6) is 0 Å². The van der Waals surface area contributed by atoms with Crippen molar-refractivity contribution in [2.75, 3.05) is 24.6 Å². The molecule has 2 unspecified atom stereocenters. The van der Waals surface area contributed by atoms with Crippen LogP contribution >= 0.6 is 0 Å². The van der Waals surface area contributed by atoms with E-state index in [-0.39, 0.29) is 18.2 Å². The van der Waals surface area contributed by atoms with Crippen LogP contribution in [-0.4, -0.2) is 67.2 Å². The molecule has 5 heterocycles. The van der Waals surface area contributed by atoms with Crippen LogP contribution < -0.4 is 4.90 Å². The van der Waals surface area contributed by atoms with Crippen LogP contribution in [0.2, 0.25) is 0 Å². The van der Waals surface area contributed by atoms with Gasteiger partial charge in [0.2, 0.25) is 0 Å². The minimum absolute atomic E-state index is 0.171. The molecule has 3 aromatic heterocycles. The first-order valence-corrected chi connectivity index (χ1v) is 10.5. The molecule has 2 saturated heterocycles. The van der Waals surface area contributed by atoms with Crippen molar-refractivity contribution in [3.8, 4) is 11.3 Å². The third kappa shape index (κ3) is 3.28. The highest BCUT2D eigenvalue weighted by Crippen LogP contribution is 2.34. The standard InChI is InChI=1S/C21H27N7O2/c1-14(2)13-30-21(29)28-16-4-5-17(28)11-26(10-16)19-6-7-22-27-12-18(24-20(19)27)15-8-23-25(3)9-15/h6-9,12,14,16-17H,4-5,10-11,13H2,1-3H3. The van der Waals surface area contributed by atoms with E-state index >= 15 is 0 Å². The van der Waals surface area contributed by atoms with Crippen LogP contribution in [0.25, 0.3) is 16.9 Å². The average Bonchev–Trinajstić information content (AvgIpc) is 3.41. The fourth-order valence-electron chi connectivity index (χ4n) is 4.53. The molecule has 0 radical (unpaired) electrons.